The lowest BCUT2D eigenvalue weighted by atomic mass is 9.82. The fourth-order valence-corrected chi connectivity index (χ4v) is 2.31. The maximum atomic E-state index is 9.77. The molecule has 1 aliphatic rings. The number of aliphatic hydroxyl groups is 1. The van der Waals surface area contributed by atoms with E-state index in [0.717, 1.165) is 6.61 Å². The lowest BCUT2D eigenvalue weighted by molar-refractivity contribution is 0.0912. The summed E-state index contributed by atoms with van der Waals surface area (Å²) in [5.74, 6) is 0.561. The maximum absolute atomic E-state index is 9.77. The summed E-state index contributed by atoms with van der Waals surface area (Å²) >= 11 is 0. The lowest BCUT2D eigenvalue weighted by Gasteiger charge is -2.25. The van der Waals surface area contributed by atoms with Crippen molar-refractivity contribution in [3.05, 3.63) is 35.9 Å². The van der Waals surface area contributed by atoms with E-state index in [4.69, 9.17) is 4.74 Å². The fourth-order valence-electron chi connectivity index (χ4n) is 2.31. The molecule has 1 aromatic rings. The van der Waals surface area contributed by atoms with Crippen LogP contribution < -0.4 is 0 Å². The van der Waals surface area contributed by atoms with Crippen molar-refractivity contribution in [1.82, 2.24) is 0 Å². The van der Waals surface area contributed by atoms with Crippen LogP contribution in [0.5, 0.6) is 0 Å². The summed E-state index contributed by atoms with van der Waals surface area (Å²) in [6, 6.07) is 10.3. The summed E-state index contributed by atoms with van der Waals surface area (Å²) in [5, 5.41) is 9.77. The molecule has 0 aliphatic carbocycles. The molecule has 4 atom stereocenters. The van der Waals surface area contributed by atoms with Gasteiger partial charge in [0.25, 0.3) is 0 Å². The Morgan fingerprint density at radius 2 is 1.87 bits per heavy atom. The van der Waals surface area contributed by atoms with Crippen molar-refractivity contribution >= 4 is 0 Å². The van der Waals surface area contributed by atoms with Gasteiger partial charge in [-0.2, -0.15) is 0 Å². The van der Waals surface area contributed by atoms with Crippen molar-refractivity contribution in [2.24, 2.45) is 5.92 Å². The molecule has 0 aromatic heterocycles. The van der Waals surface area contributed by atoms with Gasteiger partial charge in [-0.15, -0.1) is 0 Å². The number of hydrogen-bond donors (Lipinski definition) is 1. The van der Waals surface area contributed by atoms with Crippen LogP contribution in [-0.2, 0) is 4.74 Å². The Morgan fingerprint density at radius 1 is 1.27 bits per heavy atom. The molecule has 15 heavy (non-hydrogen) atoms. The predicted octanol–water partition coefficient (Wildman–Crippen LogP) is 2.19. The van der Waals surface area contributed by atoms with E-state index in [1.807, 2.05) is 25.1 Å². The van der Waals surface area contributed by atoms with Gasteiger partial charge in [-0.25, -0.2) is 0 Å². The zero-order chi connectivity index (χ0) is 10.8. The van der Waals surface area contributed by atoms with Gasteiger partial charge in [-0.05, 0) is 18.4 Å². The highest BCUT2D eigenvalue weighted by atomic mass is 16.6. The van der Waals surface area contributed by atoms with Crippen molar-refractivity contribution in [2.75, 3.05) is 6.61 Å². The molecule has 0 spiro atoms. The van der Waals surface area contributed by atoms with Gasteiger partial charge < -0.3 is 9.84 Å². The van der Waals surface area contributed by atoms with Gasteiger partial charge in [0, 0.05) is 5.92 Å². The molecule has 1 saturated heterocycles. The second kappa shape index (κ2) is 4.33. The lowest BCUT2D eigenvalue weighted by Crippen LogP contribution is -2.27. The van der Waals surface area contributed by atoms with Crippen molar-refractivity contribution < 1.29 is 9.84 Å². The van der Waals surface area contributed by atoms with Gasteiger partial charge in [0.2, 0.25) is 0 Å². The van der Waals surface area contributed by atoms with Crippen LogP contribution in [0.15, 0.2) is 30.3 Å². The summed E-state index contributed by atoms with van der Waals surface area (Å²) in [5.41, 5.74) is 1.28. The Bertz CT molecular complexity index is 302. The molecule has 1 fully saturated rings. The minimum atomic E-state index is -0.312. The molecule has 0 radical (unpaired) electrons. The Hall–Kier alpha value is -0.860. The number of rotatable bonds is 4. The highest BCUT2D eigenvalue weighted by Crippen LogP contribution is 2.35. The van der Waals surface area contributed by atoms with Gasteiger partial charge in [0.15, 0.2) is 0 Å². The van der Waals surface area contributed by atoms with Crippen LogP contribution in [0.4, 0.5) is 0 Å². The molecule has 1 aliphatic heterocycles. The van der Waals surface area contributed by atoms with E-state index in [-0.39, 0.29) is 18.1 Å². The van der Waals surface area contributed by atoms with Gasteiger partial charge >= 0.3 is 0 Å². The molecule has 0 saturated carbocycles. The molecular weight excluding hydrogens is 188 g/mol. The van der Waals surface area contributed by atoms with Crippen molar-refractivity contribution in [3.8, 4) is 0 Å². The first-order valence-electron chi connectivity index (χ1n) is 5.54. The van der Waals surface area contributed by atoms with Gasteiger partial charge in [0.1, 0.15) is 0 Å². The molecule has 2 heteroatoms. The molecule has 0 bridgehead atoms. The molecule has 0 amide bonds. The predicted molar refractivity (Wildman–Crippen MR) is 59.8 cm³/mol. The molecule has 1 heterocycles. The standard InChI is InChI=1S/C13H18O2/c1-9(11-6-4-3-5-7-11)13(10(2)14)12-8-15-12/h3-7,9-10,12-14H,8H2,1-2H3. The average Bonchev–Trinajstić information content (AvgIpc) is 3.03. The third-order valence-electron chi connectivity index (χ3n) is 3.25. The van der Waals surface area contributed by atoms with E-state index in [1.165, 1.54) is 5.56 Å². The molecule has 2 rings (SSSR count). The number of benzene rings is 1. The van der Waals surface area contributed by atoms with Crippen LogP contribution in [0.2, 0.25) is 0 Å². The Labute approximate surface area is 90.9 Å². The summed E-state index contributed by atoms with van der Waals surface area (Å²) in [6.07, 6.45) is -0.0621. The Kier molecular flexibility index (Phi) is 3.08. The number of aliphatic hydroxyl groups excluding tert-OH is 1. The Morgan fingerprint density at radius 3 is 2.33 bits per heavy atom. The largest absolute Gasteiger partial charge is 0.393 e. The smallest absolute Gasteiger partial charge is 0.0868 e. The van der Waals surface area contributed by atoms with Crippen LogP contribution in [0.3, 0.4) is 0 Å². The van der Waals surface area contributed by atoms with Gasteiger partial charge in [0.05, 0.1) is 18.8 Å². The van der Waals surface area contributed by atoms with Crippen LogP contribution in [-0.4, -0.2) is 23.9 Å². The van der Waals surface area contributed by atoms with Crippen molar-refractivity contribution in [3.63, 3.8) is 0 Å². The SMILES string of the molecule is CC(O)C(C1CO1)C(C)c1ccccc1. The fraction of sp³-hybridized carbons (Fsp3) is 0.538. The maximum Gasteiger partial charge on any atom is 0.0868 e. The zero-order valence-corrected chi connectivity index (χ0v) is 9.26. The van der Waals surface area contributed by atoms with Crippen LogP contribution >= 0.6 is 0 Å². The molecule has 82 valence electrons. The molecule has 1 aromatic carbocycles. The third-order valence-corrected chi connectivity index (χ3v) is 3.25. The van der Waals surface area contributed by atoms with Crippen LogP contribution in [0, 0.1) is 5.92 Å². The van der Waals surface area contributed by atoms with Crippen molar-refractivity contribution in [1.29, 1.82) is 0 Å². The highest BCUT2D eigenvalue weighted by molar-refractivity contribution is 5.20. The number of hydrogen-bond acceptors (Lipinski definition) is 2. The molecule has 1 N–H and O–H groups in total. The third kappa shape index (κ3) is 2.39. The van der Waals surface area contributed by atoms with E-state index in [2.05, 4.69) is 19.1 Å². The average molecular weight is 206 g/mol. The second-order valence-electron chi connectivity index (χ2n) is 4.39. The minimum Gasteiger partial charge on any atom is -0.393 e. The van der Waals surface area contributed by atoms with E-state index < -0.39 is 0 Å². The molecular formula is C13H18O2. The highest BCUT2D eigenvalue weighted by Gasteiger charge is 2.39. The van der Waals surface area contributed by atoms with Crippen LogP contribution in [0.1, 0.15) is 25.3 Å². The van der Waals surface area contributed by atoms with Crippen LogP contribution in [0.25, 0.3) is 0 Å². The summed E-state index contributed by atoms with van der Waals surface area (Å²) < 4.78 is 5.31. The minimum absolute atomic E-state index is 0.215. The van der Waals surface area contributed by atoms with E-state index >= 15 is 0 Å². The second-order valence-corrected chi connectivity index (χ2v) is 4.39. The first-order chi connectivity index (χ1) is 7.20. The monoisotopic (exact) mass is 206 g/mol. The first-order valence-corrected chi connectivity index (χ1v) is 5.54. The van der Waals surface area contributed by atoms with E-state index in [1.54, 1.807) is 0 Å². The van der Waals surface area contributed by atoms with E-state index in [0.29, 0.717) is 5.92 Å². The van der Waals surface area contributed by atoms with Gasteiger partial charge in [-0.3, -0.25) is 0 Å². The summed E-state index contributed by atoms with van der Waals surface area (Å²) in [4.78, 5) is 0. The first kappa shape index (κ1) is 10.7. The Balaban J connectivity index is 2.14. The number of ether oxygens (including phenoxy) is 1. The van der Waals surface area contributed by atoms with Crippen molar-refractivity contribution in [2.45, 2.75) is 32.0 Å². The topological polar surface area (TPSA) is 32.8 Å². The molecule has 4 unspecified atom stereocenters. The zero-order valence-electron chi connectivity index (χ0n) is 9.26. The normalized spacial score (nSPS) is 25.7. The quantitative estimate of drug-likeness (QED) is 0.766. The van der Waals surface area contributed by atoms with E-state index in [9.17, 15) is 5.11 Å². The number of epoxide rings is 1. The molecule has 2 nitrogen and oxygen atoms in total. The summed E-state index contributed by atoms with van der Waals surface area (Å²) in [7, 11) is 0. The van der Waals surface area contributed by atoms with Gasteiger partial charge in [-0.1, -0.05) is 37.3 Å². The summed E-state index contributed by atoms with van der Waals surface area (Å²) in [6.45, 7) is 4.81.